The molecule has 3 heteroatoms. The lowest BCUT2D eigenvalue weighted by molar-refractivity contribution is 0.0735. The van der Waals surface area contributed by atoms with Gasteiger partial charge in [0.1, 0.15) is 5.75 Å². The number of allylic oxidation sites excluding steroid dienone is 4. The number of nitrogens with zero attached hydrogens (tertiary/aromatic N) is 1. The first kappa shape index (κ1) is 16.3. The first-order chi connectivity index (χ1) is 11.1. The van der Waals surface area contributed by atoms with E-state index < -0.39 is 0 Å². The van der Waals surface area contributed by atoms with Crippen LogP contribution in [0, 0.1) is 11.3 Å². The molecule has 0 aliphatic carbocycles. The quantitative estimate of drug-likeness (QED) is 0.353. The molecule has 2 rings (SSSR count). The molecule has 0 aromatic heterocycles. The van der Waals surface area contributed by atoms with E-state index in [0.717, 1.165) is 11.1 Å². The topological polar surface area (TPSA) is 50.1 Å². The van der Waals surface area contributed by atoms with Crippen LogP contribution in [-0.2, 0) is 0 Å². The van der Waals surface area contributed by atoms with E-state index in [1.807, 2.05) is 31.2 Å². The minimum absolute atomic E-state index is 0.377. The Labute approximate surface area is 136 Å². The molecule has 0 bridgehead atoms. The van der Waals surface area contributed by atoms with E-state index in [2.05, 4.69) is 6.07 Å². The highest BCUT2D eigenvalue weighted by molar-refractivity contribution is 5.91. The minimum Gasteiger partial charge on any atom is -0.423 e. The van der Waals surface area contributed by atoms with E-state index in [-0.39, 0.29) is 5.97 Å². The number of carbonyl (C=O) groups is 1. The molecule has 0 atom stereocenters. The molecule has 23 heavy (non-hydrogen) atoms. The number of hydrogen-bond donors (Lipinski definition) is 0. The number of esters is 1. The van der Waals surface area contributed by atoms with Crippen molar-refractivity contribution in [3.8, 4) is 11.8 Å². The monoisotopic (exact) mass is 303 g/mol. The number of hydrogen-bond acceptors (Lipinski definition) is 3. The molecule has 0 fully saturated rings. The molecule has 0 radical (unpaired) electrons. The summed E-state index contributed by atoms with van der Waals surface area (Å²) in [7, 11) is 0. The van der Waals surface area contributed by atoms with Gasteiger partial charge in [-0.3, -0.25) is 0 Å². The fraction of sp³-hybridized carbons (Fsp3) is 0.100. The summed E-state index contributed by atoms with van der Waals surface area (Å²) in [6.07, 6.45) is 3.67. The summed E-state index contributed by atoms with van der Waals surface area (Å²) < 4.78 is 5.34. The molecular weight excluding hydrogens is 286 g/mol. The van der Waals surface area contributed by atoms with Crippen LogP contribution >= 0.6 is 0 Å². The van der Waals surface area contributed by atoms with Crippen molar-refractivity contribution in [3.05, 3.63) is 83.4 Å². The minimum atomic E-state index is -0.377. The van der Waals surface area contributed by atoms with Crippen molar-refractivity contribution in [2.45, 2.75) is 13.8 Å². The van der Waals surface area contributed by atoms with Crippen molar-refractivity contribution in [3.63, 3.8) is 0 Å². The summed E-state index contributed by atoms with van der Waals surface area (Å²) >= 11 is 0. The maximum absolute atomic E-state index is 12.0. The molecular formula is C20H17NO2. The maximum Gasteiger partial charge on any atom is 0.343 e. The fourth-order valence-corrected chi connectivity index (χ4v) is 1.91. The molecule has 0 aliphatic rings. The molecule has 3 nitrogen and oxygen atoms in total. The summed E-state index contributed by atoms with van der Waals surface area (Å²) in [4.78, 5) is 12.0. The molecule has 0 unspecified atom stereocenters. The zero-order valence-electron chi connectivity index (χ0n) is 13.1. The van der Waals surface area contributed by atoms with Crippen molar-refractivity contribution in [2.24, 2.45) is 0 Å². The van der Waals surface area contributed by atoms with Gasteiger partial charge in [0.15, 0.2) is 0 Å². The SMILES string of the molecule is C/C(C#N)=C/C=C(\C)c1ccc(OC(=O)c2ccccc2)cc1. The molecule has 0 heterocycles. The van der Waals surface area contributed by atoms with Crippen LogP contribution in [0.4, 0.5) is 0 Å². The van der Waals surface area contributed by atoms with Gasteiger partial charge in [-0.1, -0.05) is 36.4 Å². The lowest BCUT2D eigenvalue weighted by Gasteiger charge is -2.06. The third-order valence-electron chi connectivity index (χ3n) is 3.29. The first-order valence-electron chi connectivity index (χ1n) is 7.23. The van der Waals surface area contributed by atoms with Gasteiger partial charge in [-0.05, 0) is 55.3 Å². The van der Waals surface area contributed by atoms with Crippen LogP contribution in [0.5, 0.6) is 5.75 Å². The standard InChI is InChI=1S/C20H17NO2/c1-15(14-21)8-9-16(2)17-10-12-19(13-11-17)23-20(22)18-6-4-3-5-7-18/h3-13H,1-2H3/b15-8-,16-9+. The average molecular weight is 303 g/mol. The Balaban J connectivity index is 2.08. The summed E-state index contributed by atoms with van der Waals surface area (Å²) in [5, 5.41) is 8.74. The number of benzene rings is 2. The Bertz CT molecular complexity index is 779. The summed E-state index contributed by atoms with van der Waals surface area (Å²) in [5.41, 5.74) is 3.20. The van der Waals surface area contributed by atoms with Crippen LogP contribution in [-0.4, -0.2) is 5.97 Å². The number of rotatable bonds is 4. The van der Waals surface area contributed by atoms with Gasteiger partial charge in [-0.15, -0.1) is 0 Å². The second-order valence-corrected chi connectivity index (χ2v) is 5.09. The molecule has 0 saturated heterocycles. The summed E-state index contributed by atoms with van der Waals surface area (Å²) in [6, 6.07) is 18.2. The summed E-state index contributed by atoms with van der Waals surface area (Å²) in [6.45, 7) is 3.72. The Morgan fingerprint density at radius 1 is 0.957 bits per heavy atom. The van der Waals surface area contributed by atoms with E-state index in [0.29, 0.717) is 16.9 Å². The van der Waals surface area contributed by atoms with Gasteiger partial charge in [-0.2, -0.15) is 5.26 Å². The van der Waals surface area contributed by atoms with Crippen LogP contribution in [0.3, 0.4) is 0 Å². The Morgan fingerprint density at radius 2 is 1.61 bits per heavy atom. The van der Waals surface area contributed by atoms with Crippen molar-refractivity contribution in [1.29, 1.82) is 5.26 Å². The van der Waals surface area contributed by atoms with Crippen LogP contribution in [0.1, 0.15) is 29.8 Å². The molecule has 0 spiro atoms. The zero-order chi connectivity index (χ0) is 16.7. The lowest BCUT2D eigenvalue weighted by atomic mass is 10.1. The van der Waals surface area contributed by atoms with Crippen molar-refractivity contribution in [2.75, 3.05) is 0 Å². The Hall–Kier alpha value is -3.12. The normalized spacial score (nSPS) is 11.7. The second kappa shape index (κ2) is 7.77. The van der Waals surface area contributed by atoms with E-state index in [9.17, 15) is 4.79 Å². The zero-order valence-corrected chi connectivity index (χ0v) is 13.1. The van der Waals surface area contributed by atoms with E-state index in [1.165, 1.54) is 0 Å². The van der Waals surface area contributed by atoms with Crippen LogP contribution < -0.4 is 4.74 Å². The first-order valence-corrected chi connectivity index (χ1v) is 7.23. The third kappa shape index (κ3) is 4.69. The van der Waals surface area contributed by atoms with Crippen LogP contribution in [0.15, 0.2) is 72.3 Å². The van der Waals surface area contributed by atoms with Gasteiger partial charge >= 0.3 is 5.97 Å². The largest absolute Gasteiger partial charge is 0.423 e. The van der Waals surface area contributed by atoms with Crippen LogP contribution in [0.25, 0.3) is 5.57 Å². The molecule has 114 valence electrons. The number of nitriles is 1. The predicted molar refractivity (Wildman–Crippen MR) is 90.9 cm³/mol. The molecule has 0 saturated carbocycles. The molecule has 0 aliphatic heterocycles. The van der Waals surface area contributed by atoms with Gasteiger partial charge in [-0.25, -0.2) is 4.79 Å². The lowest BCUT2D eigenvalue weighted by Crippen LogP contribution is -2.07. The van der Waals surface area contributed by atoms with Crippen molar-refractivity contribution < 1.29 is 9.53 Å². The highest BCUT2D eigenvalue weighted by atomic mass is 16.5. The highest BCUT2D eigenvalue weighted by Gasteiger charge is 2.07. The Morgan fingerprint density at radius 3 is 2.22 bits per heavy atom. The van der Waals surface area contributed by atoms with Gasteiger partial charge in [0.2, 0.25) is 0 Å². The Kier molecular flexibility index (Phi) is 5.49. The van der Waals surface area contributed by atoms with E-state index in [4.69, 9.17) is 10.00 Å². The predicted octanol–water partition coefficient (Wildman–Crippen LogP) is 4.78. The highest BCUT2D eigenvalue weighted by Crippen LogP contribution is 2.19. The maximum atomic E-state index is 12.0. The van der Waals surface area contributed by atoms with Gasteiger partial charge in [0.25, 0.3) is 0 Å². The van der Waals surface area contributed by atoms with E-state index in [1.54, 1.807) is 49.4 Å². The van der Waals surface area contributed by atoms with Gasteiger partial charge in [0.05, 0.1) is 11.6 Å². The number of carbonyl (C=O) groups excluding carboxylic acids is 1. The summed E-state index contributed by atoms with van der Waals surface area (Å²) in [5.74, 6) is 0.123. The molecule has 2 aromatic rings. The van der Waals surface area contributed by atoms with Gasteiger partial charge < -0.3 is 4.74 Å². The molecule has 0 amide bonds. The van der Waals surface area contributed by atoms with Crippen LogP contribution in [0.2, 0.25) is 0 Å². The fourth-order valence-electron chi connectivity index (χ4n) is 1.91. The van der Waals surface area contributed by atoms with E-state index >= 15 is 0 Å². The molecule has 2 aromatic carbocycles. The average Bonchev–Trinajstić information content (AvgIpc) is 2.60. The van der Waals surface area contributed by atoms with Crippen molar-refractivity contribution in [1.82, 2.24) is 0 Å². The third-order valence-corrected chi connectivity index (χ3v) is 3.29. The second-order valence-electron chi connectivity index (χ2n) is 5.09. The number of ether oxygens (including phenoxy) is 1. The molecule has 0 N–H and O–H groups in total. The van der Waals surface area contributed by atoms with Crippen molar-refractivity contribution >= 4 is 11.5 Å². The smallest absolute Gasteiger partial charge is 0.343 e. The van der Waals surface area contributed by atoms with Gasteiger partial charge in [0, 0.05) is 5.57 Å².